The van der Waals surface area contributed by atoms with Crippen molar-refractivity contribution in [1.82, 2.24) is 0 Å². The fourth-order valence-corrected chi connectivity index (χ4v) is 2.41. The second-order valence-corrected chi connectivity index (χ2v) is 5.49. The predicted octanol–water partition coefficient (Wildman–Crippen LogP) is 4.02. The summed E-state index contributed by atoms with van der Waals surface area (Å²) in [5.41, 5.74) is 0.769. The minimum absolute atomic E-state index is 0.190. The van der Waals surface area contributed by atoms with E-state index in [-0.39, 0.29) is 12.2 Å². The Morgan fingerprint density at radius 2 is 1.70 bits per heavy atom. The highest BCUT2D eigenvalue weighted by molar-refractivity contribution is 9.10. The molecule has 118 valence electrons. The van der Waals surface area contributed by atoms with Crippen LogP contribution in [0.1, 0.15) is 12.5 Å². The summed E-state index contributed by atoms with van der Waals surface area (Å²) in [4.78, 5) is 22.1. The highest BCUT2D eigenvalue weighted by Gasteiger charge is 2.23. The average molecular weight is 375 g/mol. The van der Waals surface area contributed by atoms with Gasteiger partial charge in [0.15, 0.2) is 0 Å². The smallest absolute Gasteiger partial charge is 0.325 e. The summed E-state index contributed by atoms with van der Waals surface area (Å²) in [5.74, 6) is 2.64. The van der Waals surface area contributed by atoms with E-state index in [4.69, 9.17) is 9.47 Å². The third kappa shape index (κ3) is 4.55. The molecule has 0 saturated heterocycles. The molecule has 0 N–H and O–H groups in total. The Morgan fingerprint density at radius 1 is 1.09 bits per heavy atom. The Labute approximate surface area is 142 Å². The van der Waals surface area contributed by atoms with Gasteiger partial charge in [0.05, 0.1) is 12.2 Å². The van der Waals surface area contributed by atoms with E-state index in [1.165, 1.54) is 0 Å². The van der Waals surface area contributed by atoms with Crippen LogP contribution in [0.3, 0.4) is 0 Å². The number of para-hydroxylation sites is 1. The summed E-state index contributed by atoms with van der Waals surface area (Å²) in [6, 6.07) is 16.2. The zero-order valence-electron chi connectivity index (χ0n) is 12.5. The van der Waals surface area contributed by atoms with Crippen LogP contribution in [0.2, 0.25) is 0 Å². The highest BCUT2D eigenvalue weighted by atomic mass is 79.9. The summed E-state index contributed by atoms with van der Waals surface area (Å²) in [5, 5.41) is 0. The molecule has 0 aliphatic heterocycles. The van der Waals surface area contributed by atoms with Crippen molar-refractivity contribution in [1.29, 1.82) is 0 Å². The maximum Gasteiger partial charge on any atom is 0.325 e. The maximum atomic E-state index is 11.7. The second kappa shape index (κ2) is 8.32. The van der Waals surface area contributed by atoms with E-state index in [0.717, 1.165) is 5.75 Å². The molecule has 1 unspecified atom stereocenters. The highest BCUT2D eigenvalue weighted by Crippen LogP contribution is 2.26. The Balaban J connectivity index is 2.14. The van der Waals surface area contributed by atoms with Gasteiger partial charge in [0.1, 0.15) is 22.3 Å². The molecule has 0 spiro atoms. The normalized spacial score (nSPS) is 11.2. The van der Waals surface area contributed by atoms with E-state index in [9.17, 15) is 9.59 Å². The molecule has 0 bridgehead atoms. The molecule has 0 amide bonds. The number of hydrogen-bond acceptors (Lipinski definition) is 4. The van der Waals surface area contributed by atoms with Gasteiger partial charge in [-0.3, -0.25) is 4.79 Å². The van der Waals surface area contributed by atoms with Crippen molar-refractivity contribution in [2.24, 2.45) is 0 Å². The molecule has 0 radical (unpaired) electrons. The average Bonchev–Trinajstić information content (AvgIpc) is 2.58. The molecule has 4 nitrogen and oxygen atoms in total. The van der Waals surface area contributed by atoms with Gasteiger partial charge in [-0.15, -0.1) is 0 Å². The van der Waals surface area contributed by atoms with Gasteiger partial charge in [0.25, 0.3) is 0 Å². The first-order valence-corrected chi connectivity index (χ1v) is 7.96. The monoisotopic (exact) mass is 374 g/mol. The van der Waals surface area contributed by atoms with Crippen molar-refractivity contribution >= 4 is 33.4 Å². The number of ether oxygens (including phenoxy) is 2. The van der Waals surface area contributed by atoms with Crippen LogP contribution >= 0.6 is 15.9 Å². The summed E-state index contributed by atoms with van der Waals surface area (Å²) in [7, 11) is 0. The van der Waals surface area contributed by atoms with Crippen LogP contribution in [0.25, 0.3) is 5.57 Å². The van der Waals surface area contributed by atoms with Crippen molar-refractivity contribution < 1.29 is 19.1 Å². The number of alkyl halides is 1. The minimum atomic E-state index is -0.846. The van der Waals surface area contributed by atoms with Gasteiger partial charge in [0.2, 0.25) is 0 Å². The fourth-order valence-electron chi connectivity index (χ4n) is 1.92. The molecule has 2 aromatic carbocycles. The van der Waals surface area contributed by atoms with Crippen molar-refractivity contribution in [3.05, 3.63) is 60.2 Å². The molecule has 0 aliphatic rings. The van der Waals surface area contributed by atoms with Gasteiger partial charge in [-0.2, -0.15) is 0 Å². The molecule has 5 heteroatoms. The summed E-state index contributed by atoms with van der Waals surface area (Å²) in [6.07, 6.45) is 0. The van der Waals surface area contributed by atoms with E-state index >= 15 is 0 Å². The number of benzene rings is 2. The lowest BCUT2D eigenvalue weighted by Gasteiger charge is -2.11. The first-order valence-electron chi connectivity index (χ1n) is 7.04. The van der Waals surface area contributed by atoms with Crippen LogP contribution in [0.15, 0.2) is 54.6 Å². The molecule has 0 saturated carbocycles. The van der Waals surface area contributed by atoms with Crippen molar-refractivity contribution in [3.63, 3.8) is 0 Å². The van der Waals surface area contributed by atoms with E-state index in [1.807, 2.05) is 30.3 Å². The van der Waals surface area contributed by atoms with Crippen LogP contribution in [0.5, 0.6) is 11.5 Å². The second-order valence-electron chi connectivity index (χ2n) is 4.57. The standard InChI is InChI=1S/C18H15BrO4/c1-2-22-18(21)17(19)16(12-20)13-8-10-15(11-9-13)23-14-6-4-3-5-7-14/h3-11,17H,2H2,1H3. The topological polar surface area (TPSA) is 52.6 Å². The van der Waals surface area contributed by atoms with Crippen molar-refractivity contribution in [3.8, 4) is 11.5 Å². The first kappa shape index (κ1) is 17.0. The number of carbonyl (C=O) groups is 1. The SMILES string of the molecule is CCOC(=O)C(Br)C(=C=O)c1ccc(Oc2ccccc2)cc1. The summed E-state index contributed by atoms with van der Waals surface area (Å²) < 4.78 is 10.6. The third-order valence-electron chi connectivity index (χ3n) is 3.00. The summed E-state index contributed by atoms with van der Waals surface area (Å²) in [6.45, 7) is 1.95. The molecular weight excluding hydrogens is 360 g/mol. The summed E-state index contributed by atoms with van der Waals surface area (Å²) >= 11 is 3.17. The van der Waals surface area contributed by atoms with Crippen molar-refractivity contribution in [2.45, 2.75) is 11.8 Å². The number of rotatable bonds is 6. The molecular formula is C18H15BrO4. The third-order valence-corrected chi connectivity index (χ3v) is 3.83. The van der Waals surface area contributed by atoms with Crippen LogP contribution in [-0.4, -0.2) is 23.3 Å². The number of halogens is 1. The Morgan fingerprint density at radius 3 is 2.26 bits per heavy atom. The van der Waals surface area contributed by atoms with Gasteiger partial charge in [0, 0.05) is 0 Å². The molecule has 0 aromatic heterocycles. The van der Waals surface area contributed by atoms with E-state index < -0.39 is 10.8 Å². The zero-order chi connectivity index (χ0) is 16.7. The van der Waals surface area contributed by atoms with E-state index in [0.29, 0.717) is 11.3 Å². The van der Waals surface area contributed by atoms with E-state index in [1.54, 1.807) is 37.1 Å². The molecule has 0 aliphatic carbocycles. The quantitative estimate of drug-likeness (QED) is 0.435. The van der Waals surface area contributed by atoms with Gasteiger partial charge >= 0.3 is 5.97 Å². The molecule has 2 aromatic rings. The van der Waals surface area contributed by atoms with Gasteiger partial charge in [-0.25, -0.2) is 4.79 Å². The molecule has 0 heterocycles. The molecule has 23 heavy (non-hydrogen) atoms. The Kier molecular flexibility index (Phi) is 6.15. The fraction of sp³-hybridized carbons (Fsp3) is 0.167. The van der Waals surface area contributed by atoms with Gasteiger partial charge < -0.3 is 9.47 Å². The van der Waals surface area contributed by atoms with E-state index in [2.05, 4.69) is 15.9 Å². The van der Waals surface area contributed by atoms with Crippen LogP contribution in [-0.2, 0) is 14.3 Å². The minimum Gasteiger partial charge on any atom is -0.465 e. The number of esters is 1. The lowest BCUT2D eigenvalue weighted by molar-refractivity contribution is -0.141. The Bertz CT molecular complexity index is 704. The zero-order valence-corrected chi connectivity index (χ0v) is 14.1. The number of hydrogen-bond donors (Lipinski definition) is 0. The first-order chi connectivity index (χ1) is 11.2. The Hall–Kier alpha value is -2.36. The lowest BCUT2D eigenvalue weighted by Crippen LogP contribution is -2.19. The largest absolute Gasteiger partial charge is 0.465 e. The van der Waals surface area contributed by atoms with Gasteiger partial charge in [-0.1, -0.05) is 46.3 Å². The van der Waals surface area contributed by atoms with Crippen molar-refractivity contribution in [2.75, 3.05) is 6.61 Å². The van der Waals surface area contributed by atoms with Crippen LogP contribution in [0.4, 0.5) is 0 Å². The molecule has 1 atom stereocenters. The predicted molar refractivity (Wildman–Crippen MR) is 91.4 cm³/mol. The number of carbonyl (C=O) groups excluding carboxylic acids is 2. The maximum absolute atomic E-state index is 11.7. The lowest BCUT2D eigenvalue weighted by atomic mass is 10.0. The molecule has 2 rings (SSSR count). The van der Waals surface area contributed by atoms with Crippen LogP contribution in [0, 0.1) is 0 Å². The van der Waals surface area contributed by atoms with Crippen LogP contribution < -0.4 is 4.74 Å². The van der Waals surface area contributed by atoms with Gasteiger partial charge in [-0.05, 0) is 36.8 Å². The molecule has 0 fully saturated rings.